The molecule has 6 heteroatoms. The van der Waals surface area contributed by atoms with Crippen LogP contribution in [0.3, 0.4) is 0 Å². The van der Waals surface area contributed by atoms with Crippen LogP contribution in [0.2, 0.25) is 0 Å². The third-order valence-electron chi connectivity index (χ3n) is 4.86. The van der Waals surface area contributed by atoms with Gasteiger partial charge in [0.05, 0.1) is 24.9 Å². The van der Waals surface area contributed by atoms with E-state index in [1.165, 1.54) is 0 Å². The van der Waals surface area contributed by atoms with Crippen molar-refractivity contribution in [2.24, 2.45) is 5.92 Å². The van der Waals surface area contributed by atoms with Crippen molar-refractivity contribution in [1.29, 1.82) is 0 Å². The lowest BCUT2D eigenvalue weighted by atomic mass is 10.0. The Morgan fingerprint density at radius 2 is 1.96 bits per heavy atom. The highest BCUT2D eigenvalue weighted by molar-refractivity contribution is 5.61. The van der Waals surface area contributed by atoms with Crippen LogP contribution in [0, 0.1) is 5.92 Å². The first-order chi connectivity index (χ1) is 11.9. The highest BCUT2D eigenvalue weighted by Gasteiger charge is 2.24. The molecule has 0 spiro atoms. The molecule has 0 saturated carbocycles. The fourth-order valence-electron chi connectivity index (χ4n) is 3.41. The summed E-state index contributed by atoms with van der Waals surface area (Å²) in [5.41, 5.74) is 3.10. The van der Waals surface area contributed by atoms with Crippen LogP contribution in [0.25, 0.3) is 11.3 Å². The number of fused-ring (bicyclic) bond motifs is 1. The second kappa shape index (κ2) is 7.42. The van der Waals surface area contributed by atoms with Crippen molar-refractivity contribution in [3.05, 3.63) is 36.0 Å². The van der Waals surface area contributed by atoms with Gasteiger partial charge in [-0.05, 0) is 25.3 Å². The van der Waals surface area contributed by atoms with Gasteiger partial charge in [-0.15, -0.1) is 5.10 Å². The average molecular weight is 328 g/mol. The number of ether oxygens (including phenoxy) is 2. The molecule has 0 unspecified atom stereocenters. The molecule has 4 rings (SSSR count). The summed E-state index contributed by atoms with van der Waals surface area (Å²) in [4.78, 5) is 0. The zero-order valence-electron chi connectivity index (χ0n) is 13.9. The minimum atomic E-state index is 0.155. The van der Waals surface area contributed by atoms with Crippen LogP contribution in [0.1, 0.15) is 18.5 Å². The van der Waals surface area contributed by atoms with Gasteiger partial charge < -0.3 is 14.8 Å². The van der Waals surface area contributed by atoms with E-state index < -0.39 is 0 Å². The van der Waals surface area contributed by atoms with E-state index in [0.717, 1.165) is 68.6 Å². The van der Waals surface area contributed by atoms with E-state index in [1.807, 2.05) is 22.9 Å². The molecule has 1 N–H and O–H groups in total. The van der Waals surface area contributed by atoms with E-state index in [2.05, 4.69) is 27.8 Å². The summed E-state index contributed by atoms with van der Waals surface area (Å²) >= 11 is 0. The zero-order chi connectivity index (χ0) is 16.2. The van der Waals surface area contributed by atoms with Gasteiger partial charge in [0.2, 0.25) is 0 Å². The largest absolute Gasteiger partial charge is 0.381 e. The highest BCUT2D eigenvalue weighted by Crippen LogP contribution is 2.24. The van der Waals surface area contributed by atoms with Gasteiger partial charge in [0.15, 0.2) is 0 Å². The van der Waals surface area contributed by atoms with Crippen molar-refractivity contribution < 1.29 is 9.47 Å². The van der Waals surface area contributed by atoms with Crippen molar-refractivity contribution >= 4 is 0 Å². The maximum Gasteiger partial charge on any atom is 0.118 e. The number of nitrogens with zero attached hydrogens (tertiary/aromatic N) is 3. The summed E-state index contributed by atoms with van der Waals surface area (Å²) in [6.45, 7) is 5.03. The summed E-state index contributed by atoms with van der Waals surface area (Å²) in [7, 11) is 0. The van der Waals surface area contributed by atoms with Gasteiger partial charge in [-0.2, -0.15) is 0 Å². The molecular weight excluding hydrogens is 304 g/mol. The van der Waals surface area contributed by atoms with Gasteiger partial charge in [0, 0.05) is 25.3 Å². The van der Waals surface area contributed by atoms with E-state index in [9.17, 15) is 0 Å². The molecule has 0 aliphatic carbocycles. The van der Waals surface area contributed by atoms with Gasteiger partial charge in [0.25, 0.3) is 0 Å². The van der Waals surface area contributed by atoms with Crippen LogP contribution in [-0.2, 0) is 22.6 Å². The van der Waals surface area contributed by atoms with Gasteiger partial charge in [0.1, 0.15) is 5.69 Å². The van der Waals surface area contributed by atoms with Gasteiger partial charge >= 0.3 is 0 Å². The van der Waals surface area contributed by atoms with Crippen LogP contribution < -0.4 is 5.32 Å². The molecule has 0 radical (unpaired) electrons. The molecule has 24 heavy (non-hydrogen) atoms. The second-order valence-electron chi connectivity index (χ2n) is 6.58. The molecule has 2 aromatic rings. The van der Waals surface area contributed by atoms with Crippen LogP contribution >= 0.6 is 0 Å². The number of hydrogen-bond acceptors (Lipinski definition) is 5. The number of benzene rings is 1. The Labute approximate surface area is 142 Å². The Morgan fingerprint density at radius 3 is 2.79 bits per heavy atom. The first-order valence-electron chi connectivity index (χ1n) is 8.78. The number of nitrogens with one attached hydrogen (secondary N) is 1. The first-order valence-corrected chi connectivity index (χ1v) is 8.78. The zero-order valence-corrected chi connectivity index (χ0v) is 13.9. The molecule has 3 heterocycles. The molecular formula is C18H24N4O2. The van der Waals surface area contributed by atoms with E-state index >= 15 is 0 Å². The molecule has 2 aliphatic heterocycles. The maximum atomic E-state index is 6.03. The Balaban J connectivity index is 1.32. The smallest absolute Gasteiger partial charge is 0.118 e. The highest BCUT2D eigenvalue weighted by atomic mass is 16.5. The van der Waals surface area contributed by atoms with Crippen molar-refractivity contribution in [1.82, 2.24) is 20.3 Å². The lowest BCUT2D eigenvalue weighted by Crippen LogP contribution is -2.39. The van der Waals surface area contributed by atoms with E-state index in [-0.39, 0.29) is 6.10 Å². The molecule has 1 aromatic heterocycles. The summed E-state index contributed by atoms with van der Waals surface area (Å²) in [6, 6.07) is 10.2. The van der Waals surface area contributed by atoms with E-state index in [0.29, 0.717) is 6.61 Å². The molecule has 1 aromatic carbocycles. The Hall–Kier alpha value is -1.76. The number of aromatic nitrogens is 3. The summed E-state index contributed by atoms with van der Waals surface area (Å²) < 4.78 is 13.4. The molecule has 0 amide bonds. The minimum absolute atomic E-state index is 0.155. The maximum absolute atomic E-state index is 6.03. The van der Waals surface area contributed by atoms with Crippen molar-refractivity contribution in [3.63, 3.8) is 0 Å². The quantitative estimate of drug-likeness (QED) is 0.908. The third-order valence-corrected chi connectivity index (χ3v) is 4.86. The third kappa shape index (κ3) is 3.50. The predicted molar refractivity (Wildman–Crippen MR) is 90.4 cm³/mol. The van der Waals surface area contributed by atoms with E-state index in [4.69, 9.17) is 9.47 Å². The Kier molecular flexibility index (Phi) is 4.87. The monoisotopic (exact) mass is 328 g/mol. The van der Waals surface area contributed by atoms with Crippen LogP contribution in [0.5, 0.6) is 0 Å². The Bertz CT molecular complexity index is 652. The fraction of sp³-hybridized carbons (Fsp3) is 0.556. The lowest BCUT2D eigenvalue weighted by Gasteiger charge is -2.26. The molecule has 2 aliphatic rings. The van der Waals surface area contributed by atoms with Crippen LogP contribution in [-0.4, -0.2) is 47.4 Å². The summed E-state index contributed by atoms with van der Waals surface area (Å²) in [5, 5.41) is 12.2. The van der Waals surface area contributed by atoms with Crippen molar-refractivity contribution in [3.8, 4) is 11.3 Å². The Morgan fingerprint density at radius 1 is 1.12 bits per heavy atom. The summed E-state index contributed by atoms with van der Waals surface area (Å²) in [5.74, 6) is 0.731. The van der Waals surface area contributed by atoms with E-state index in [1.54, 1.807) is 0 Å². The normalized spacial score (nSPS) is 21.6. The van der Waals surface area contributed by atoms with Crippen LogP contribution in [0.15, 0.2) is 30.3 Å². The second-order valence-corrected chi connectivity index (χ2v) is 6.58. The fourth-order valence-corrected chi connectivity index (χ4v) is 3.41. The van der Waals surface area contributed by atoms with Gasteiger partial charge in [-0.25, -0.2) is 4.68 Å². The van der Waals surface area contributed by atoms with Gasteiger partial charge in [-0.3, -0.25) is 0 Å². The molecule has 0 bridgehead atoms. The minimum Gasteiger partial charge on any atom is -0.381 e. The summed E-state index contributed by atoms with van der Waals surface area (Å²) in [6.07, 6.45) is 2.47. The molecule has 1 saturated heterocycles. The molecule has 1 atom stereocenters. The van der Waals surface area contributed by atoms with Crippen LogP contribution in [0.4, 0.5) is 0 Å². The number of hydrogen-bond donors (Lipinski definition) is 1. The lowest BCUT2D eigenvalue weighted by molar-refractivity contribution is -0.000187. The predicted octanol–water partition coefficient (Wildman–Crippen LogP) is 1.86. The van der Waals surface area contributed by atoms with Crippen molar-refractivity contribution in [2.45, 2.75) is 32.1 Å². The standard InChI is InChI=1S/C18H24N4O2/c1-2-4-15(5-3-1)18-17-13-24-16(12-22(17)21-20-18)11-19-10-14-6-8-23-9-7-14/h1-5,14,16,19H,6-13H2/t16-/m0/s1. The first kappa shape index (κ1) is 15.7. The number of rotatable bonds is 5. The van der Waals surface area contributed by atoms with Gasteiger partial charge in [-0.1, -0.05) is 35.5 Å². The molecule has 128 valence electrons. The SMILES string of the molecule is c1ccc(-c2nnn3c2CO[C@@H](CNCC2CCOCC2)C3)cc1. The average Bonchev–Trinajstić information content (AvgIpc) is 3.07. The molecule has 1 fully saturated rings. The van der Waals surface area contributed by atoms with Crippen molar-refractivity contribution in [2.75, 3.05) is 26.3 Å². The topological polar surface area (TPSA) is 61.2 Å². The molecule has 6 nitrogen and oxygen atoms in total.